The van der Waals surface area contributed by atoms with Crippen LogP contribution in [0.15, 0.2) is 24.3 Å². The highest BCUT2D eigenvalue weighted by Crippen LogP contribution is 2.31. The summed E-state index contributed by atoms with van der Waals surface area (Å²) in [6.45, 7) is 5.62. The first-order valence-corrected chi connectivity index (χ1v) is 6.34. The van der Waals surface area contributed by atoms with Gasteiger partial charge in [0.25, 0.3) is 0 Å². The second kappa shape index (κ2) is 4.63. The van der Waals surface area contributed by atoms with Gasteiger partial charge in [0.1, 0.15) is 5.60 Å². The molecular formula is C15H21NO2. The van der Waals surface area contributed by atoms with Crippen molar-refractivity contribution >= 4 is 11.8 Å². The second-order valence-corrected chi connectivity index (χ2v) is 5.51. The Morgan fingerprint density at radius 1 is 1.50 bits per heavy atom. The van der Waals surface area contributed by atoms with Crippen molar-refractivity contribution in [1.29, 1.82) is 0 Å². The molecule has 98 valence electrons. The molecule has 1 atom stereocenters. The highest BCUT2D eigenvalue weighted by molar-refractivity contribution is 5.90. The number of hydrogen-bond acceptors (Lipinski definition) is 2. The zero-order chi connectivity index (χ0) is 14.0. The lowest BCUT2D eigenvalue weighted by atomic mass is 9.97. The topological polar surface area (TPSA) is 29.5 Å². The zero-order valence-corrected chi connectivity index (χ0v) is 11.3. The quantitative estimate of drug-likeness (QED) is 0.699. The molecule has 1 aliphatic rings. The van der Waals surface area contributed by atoms with Crippen LogP contribution in [0.1, 0.15) is 41.0 Å². The largest absolute Gasteiger partial charge is 0.443 e. The van der Waals surface area contributed by atoms with Gasteiger partial charge in [-0.3, -0.25) is 4.90 Å². The molecule has 0 radical (unpaired) electrons. The summed E-state index contributed by atoms with van der Waals surface area (Å²) in [7, 11) is 0. The molecule has 0 spiro atoms. The van der Waals surface area contributed by atoms with E-state index in [1.165, 1.54) is 5.56 Å². The van der Waals surface area contributed by atoms with Crippen molar-refractivity contribution in [3.05, 3.63) is 29.8 Å². The molecule has 0 fully saturated rings. The van der Waals surface area contributed by atoms with E-state index in [-0.39, 0.29) is 19.0 Å². The fourth-order valence-corrected chi connectivity index (χ4v) is 2.25. The Hall–Kier alpha value is -1.51. The number of rotatable bonds is 0. The molecule has 1 aromatic rings. The molecule has 1 amide bonds. The number of anilines is 1. The average Bonchev–Trinajstić information content (AvgIpc) is 2.38. The number of hydrogen-bond donors (Lipinski definition) is 0. The normalized spacial score (nSPS) is 20.1. The van der Waals surface area contributed by atoms with Crippen LogP contribution in [0.2, 0.25) is 0 Å². The second-order valence-electron chi connectivity index (χ2n) is 5.51. The monoisotopic (exact) mass is 248 g/mol. The summed E-state index contributed by atoms with van der Waals surface area (Å²) < 4.78 is 12.9. The molecule has 0 bridgehead atoms. The first-order chi connectivity index (χ1) is 8.94. The van der Waals surface area contributed by atoms with Gasteiger partial charge in [-0.05, 0) is 52.1 Å². The standard InChI is InChI=1S/C15H21NO2/c1-11-9-10-12-7-5-6-8-13(12)16(11)14(17)18-15(2,3)4/h5-8,11H,9-10H2,1-4H3/i2D. The first kappa shape index (κ1) is 11.6. The summed E-state index contributed by atoms with van der Waals surface area (Å²) >= 11 is 0. The van der Waals surface area contributed by atoms with Crippen molar-refractivity contribution < 1.29 is 10.9 Å². The lowest BCUT2D eigenvalue weighted by molar-refractivity contribution is 0.0563. The molecule has 0 aliphatic carbocycles. The Balaban J connectivity index is 2.26. The van der Waals surface area contributed by atoms with Gasteiger partial charge in [0.15, 0.2) is 0 Å². The molecule has 0 N–H and O–H groups in total. The Kier molecular flexibility index (Phi) is 2.98. The first-order valence-electron chi connectivity index (χ1n) is 7.04. The fourth-order valence-electron chi connectivity index (χ4n) is 2.25. The minimum absolute atomic E-state index is 0.0581. The van der Waals surface area contributed by atoms with Gasteiger partial charge in [-0.25, -0.2) is 4.79 Å². The molecule has 1 heterocycles. The molecule has 1 aromatic carbocycles. The van der Waals surface area contributed by atoms with Gasteiger partial charge >= 0.3 is 6.09 Å². The number of aryl methyl sites for hydroxylation is 1. The van der Waals surface area contributed by atoms with Crippen molar-refractivity contribution in [3.63, 3.8) is 0 Å². The minimum Gasteiger partial charge on any atom is -0.443 e. The van der Waals surface area contributed by atoms with Crippen molar-refractivity contribution in [2.45, 2.75) is 52.2 Å². The van der Waals surface area contributed by atoms with E-state index in [2.05, 4.69) is 6.07 Å². The molecule has 2 rings (SSSR count). The smallest absolute Gasteiger partial charge is 0.415 e. The van der Waals surface area contributed by atoms with Crippen LogP contribution in [-0.2, 0) is 11.2 Å². The van der Waals surface area contributed by atoms with E-state index < -0.39 is 5.60 Å². The fraction of sp³-hybridized carbons (Fsp3) is 0.533. The van der Waals surface area contributed by atoms with Gasteiger partial charge < -0.3 is 4.74 Å². The van der Waals surface area contributed by atoms with Gasteiger partial charge in [-0.2, -0.15) is 0 Å². The van der Waals surface area contributed by atoms with Crippen LogP contribution >= 0.6 is 0 Å². The van der Waals surface area contributed by atoms with Crippen molar-refractivity contribution in [2.75, 3.05) is 4.90 Å². The molecular weight excluding hydrogens is 226 g/mol. The van der Waals surface area contributed by atoms with Gasteiger partial charge in [-0.15, -0.1) is 0 Å². The van der Waals surface area contributed by atoms with Crippen LogP contribution in [0.5, 0.6) is 0 Å². The summed E-state index contributed by atoms with van der Waals surface area (Å²) in [4.78, 5) is 14.1. The van der Waals surface area contributed by atoms with Crippen molar-refractivity contribution in [3.8, 4) is 0 Å². The number of benzene rings is 1. The predicted molar refractivity (Wildman–Crippen MR) is 72.9 cm³/mol. The summed E-state index contributed by atoms with van der Waals surface area (Å²) in [6.07, 6.45) is 1.58. The van der Waals surface area contributed by atoms with E-state index >= 15 is 0 Å². The van der Waals surface area contributed by atoms with E-state index in [1.54, 1.807) is 18.7 Å². The number of amides is 1. The third-order valence-electron chi connectivity index (χ3n) is 3.08. The van der Waals surface area contributed by atoms with E-state index in [0.29, 0.717) is 0 Å². The number of fused-ring (bicyclic) bond motifs is 1. The molecule has 18 heavy (non-hydrogen) atoms. The summed E-state index contributed by atoms with van der Waals surface area (Å²) in [6, 6.07) is 8.07. The van der Waals surface area contributed by atoms with E-state index in [1.807, 2.05) is 25.1 Å². The van der Waals surface area contributed by atoms with Crippen LogP contribution in [0.4, 0.5) is 10.5 Å². The molecule has 3 nitrogen and oxygen atoms in total. The molecule has 0 saturated carbocycles. The summed E-state index contributed by atoms with van der Waals surface area (Å²) in [5, 5.41) is 0. The molecule has 3 heteroatoms. The maximum atomic E-state index is 12.4. The van der Waals surface area contributed by atoms with Crippen LogP contribution < -0.4 is 4.90 Å². The lowest BCUT2D eigenvalue weighted by Crippen LogP contribution is -2.44. The maximum absolute atomic E-state index is 12.4. The van der Waals surface area contributed by atoms with Gasteiger partial charge in [0, 0.05) is 7.41 Å². The van der Waals surface area contributed by atoms with Crippen LogP contribution in [-0.4, -0.2) is 17.7 Å². The summed E-state index contributed by atoms with van der Waals surface area (Å²) in [5.74, 6) is 0. The number of carbonyl (C=O) groups excluding carboxylic acids is 1. The van der Waals surface area contributed by atoms with Gasteiger partial charge in [0.2, 0.25) is 0 Å². The Bertz CT molecular complexity index is 473. The number of ether oxygens (including phenoxy) is 1. The third-order valence-corrected chi connectivity index (χ3v) is 3.08. The van der Waals surface area contributed by atoms with Crippen LogP contribution in [0.3, 0.4) is 0 Å². The Morgan fingerprint density at radius 3 is 2.94 bits per heavy atom. The Labute approximate surface area is 110 Å². The summed E-state index contributed by atoms with van der Waals surface area (Å²) in [5.41, 5.74) is 1.37. The van der Waals surface area contributed by atoms with Crippen LogP contribution in [0.25, 0.3) is 0 Å². The van der Waals surface area contributed by atoms with Gasteiger partial charge in [-0.1, -0.05) is 18.2 Å². The van der Waals surface area contributed by atoms with Crippen molar-refractivity contribution in [2.24, 2.45) is 0 Å². The number of nitrogens with zero attached hydrogens (tertiary/aromatic N) is 1. The highest BCUT2D eigenvalue weighted by atomic mass is 16.6. The number of carbonyl (C=O) groups is 1. The molecule has 0 saturated heterocycles. The van der Waals surface area contributed by atoms with Crippen LogP contribution in [0, 0.1) is 0 Å². The van der Waals surface area contributed by atoms with Gasteiger partial charge in [0.05, 0.1) is 5.69 Å². The highest BCUT2D eigenvalue weighted by Gasteiger charge is 2.31. The molecule has 1 unspecified atom stereocenters. The molecule has 1 aliphatic heterocycles. The third kappa shape index (κ3) is 2.66. The average molecular weight is 248 g/mol. The minimum atomic E-state index is -0.747. The predicted octanol–water partition coefficient (Wildman–Crippen LogP) is 3.76. The van der Waals surface area contributed by atoms with E-state index in [4.69, 9.17) is 6.11 Å². The lowest BCUT2D eigenvalue weighted by Gasteiger charge is -2.36. The maximum Gasteiger partial charge on any atom is 0.415 e. The Morgan fingerprint density at radius 2 is 2.22 bits per heavy atom. The van der Waals surface area contributed by atoms with E-state index in [0.717, 1.165) is 18.5 Å². The SMILES string of the molecule is [2H]CC(C)(C)OC(=O)N1c2ccccc2CCC1C. The molecule has 0 aromatic heterocycles. The van der Waals surface area contributed by atoms with Crippen molar-refractivity contribution in [1.82, 2.24) is 0 Å². The zero-order valence-electron chi connectivity index (χ0n) is 12.3. The van der Waals surface area contributed by atoms with E-state index in [9.17, 15) is 4.79 Å². The number of para-hydroxylation sites is 1.